The van der Waals surface area contributed by atoms with Crippen LogP contribution in [0.1, 0.15) is 16.7 Å². The van der Waals surface area contributed by atoms with Crippen molar-refractivity contribution in [3.63, 3.8) is 0 Å². The molecule has 0 atom stereocenters. The van der Waals surface area contributed by atoms with Crippen molar-refractivity contribution in [1.29, 1.82) is 0 Å². The van der Waals surface area contributed by atoms with Crippen molar-refractivity contribution in [3.05, 3.63) is 53.1 Å². The highest BCUT2D eigenvalue weighted by Crippen LogP contribution is 2.29. The summed E-state index contributed by atoms with van der Waals surface area (Å²) in [6.45, 7) is 5.00. The van der Waals surface area contributed by atoms with Crippen LogP contribution in [0.25, 0.3) is 0 Å². The predicted molar refractivity (Wildman–Crippen MR) is 82.8 cm³/mol. The Hall–Kier alpha value is -2.16. The maximum Gasteiger partial charge on any atom is 0.145 e. The molecule has 0 aliphatic heterocycles. The number of anilines is 1. The van der Waals surface area contributed by atoms with Crippen LogP contribution in [0.2, 0.25) is 0 Å². The fourth-order valence-electron chi connectivity index (χ4n) is 2.31. The van der Waals surface area contributed by atoms with Gasteiger partial charge in [-0.15, -0.1) is 0 Å². The molecule has 0 fully saturated rings. The molecule has 0 saturated heterocycles. The standard InChI is InChI=1S/C17H21NO2/c1-12-7-13(2)9-14(8-12)11-18-16-6-5-15(19-3)10-17(16)20-4/h5-10,18H,11H2,1-4H3. The van der Waals surface area contributed by atoms with Crippen molar-refractivity contribution in [1.82, 2.24) is 0 Å². The maximum atomic E-state index is 5.38. The number of ether oxygens (including phenoxy) is 2. The van der Waals surface area contributed by atoms with Gasteiger partial charge in [0.1, 0.15) is 11.5 Å². The summed E-state index contributed by atoms with van der Waals surface area (Å²) >= 11 is 0. The van der Waals surface area contributed by atoms with Gasteiger partial charge >= 0.3 is 0 Å². The second-order valence-electron chi connectivity index (χ2n) is 4.92. The summed E-state index contributed by atoms with van der Waals surface area (Å²) < 4.78 is 10.6. The van der Waals surface area contributed by atoms with Crippen molar-refractivity contribution in [2.24, 2.45) is 0 Å². The fourth-order valence-corrected chi connectivity index (χ4v) is 2.31. The van der Waals surface area contributed by atoms with E-state index in [9.17, 15) is 0 Å². The van der Waals surface area contributed by atoms with Gasteiger partial charge in [0.05, 0.1) is 19.9 Å². The number of rotatable bonds is 5. The first-order valence-electron chi connectivity index (χ1n) is 6.65. The molecule has 0 unspecified atom stereocenters. The van der Waals surface area contributed by atoms with Gasteiger partial charge in [-0.3, -0.25) is 0 Å². The van der Waals surface area contributed by atoms with Crippen molar-refractivity contribution < 1.29 is 9.47 Å². The topological polar surface area (TPSA) is 30.5 Å². The summed E-state index contributed by atoms with van der Waals surface area (Å²) in [4.78, 5) is 0. The fraction of sp³-hybridized carbons (Fsp3) is 0.294. The van der Waals surface area contributed by atoms with Crippen LogP contribution in [0.15, 0.2) is 36.4 Å². The second-order valence-corrected chi connectivity index (χ2v) is 4.92. The lowest BCUT2D eigenvalue weighted by molar-refractivity contribution is 0.395. The van der Waals surface area contributed by atoms with E-state index in [2.05, 4.69) is 37.4 Å². The summed E-state index contributed by atoms with van der Waals surface area (Å²) in [5, 5.41) is 3.41. The van der Waals surface area contributed by atoms with E-state index in [1.807, 2.05) is 18.2 Å². The van der Waals surface area contributed by atoms with E-state index < -0.39 is 0 Å². The van der Waals surface area contributed by atoms with Gasteiger partial charge in [0.15, 0.2) is 0 Å². The third-order valence-corrected chi connectivity index (χ3v) is 3.17. The Bertz CT molecular complexity index is 573. The molecule has 3 heteroatoms. The van der Waals surface area contributed by atoms with Crippen LogP contribution in [-0.2, 0) is 6.54 Å². The molecule has 0 aliphatic rings. The molecule has 3 nitrogen and oxygen atoms in total. The van der Waals surface area contributed by atoms with Crippen LogP contribution in [0, 0.1) is 13.8 Å². The van der Waals surface area contributed by atoms with Crippen LogP contribution in [0.5, 0.6) is 11.5 Å². The van der Waals surface area contributed by atoms with E-state index in [4.69, 9.17) is 9.47 Å². The van der Waals surface area contributed by atoms with Crippen LogP contribution in [0.4, 0.5) is 5.69 Å². The summed E-state index contributed by atoms with van der Waals surface area (Å²) in [5.41, 5.74) is 4.79. The minimum absolute atomic E-state index is 0.769. The van der Waals surface area contributed by atoms with Crippen LogP contribution >= 0.6 is 0 Å². The third kappa shape index (κ3) is 3.44. The molecule has 20 heavy (non-hydrogen) atoms. The molecule has 0 heterocycles. The number of hydrogen-bond acceptors (Lipinski definition) is 3. The maximum absolute atomic E-state index is 5.38. The predicted octanol–water partition coefficient (Wildman–Crippen LogP) is 3.93. The van der Waals surface area contributed by atoms with Gasteiger partial charge in [0, 0.05) is 12.6 Å². The molecule has 0 amide bonds. The van der Waals surface area contributed by atoms with Gasteiger partial charge in [-0.05, 0) is 31.5 Å². The Kier molecular flexibility index (Phi) is 4.51. The number of aryl methyl sites for hydroxylation is 2. The monoisotopic (exact) mass is 271 g/mol. The van der Waals surface area contributed by atoms with Crippen LogP contribution in [0.3, 0.4) is 0 Å². The number of hydrogen-bond donors (Lipinski definition) is 1. The Balaban J connectivity index is 2.14. The zero-order valence-electron chi connectivity index (χ0n) is 12.5. The molecule has 106 valence electrons. The molecular formula is C17H21NO2. The van der Waals surface area contributed by atoms with E-state index in [0.717, 1.165) is 23.7 Å². The Morgan fingerprint density at radius 3 is 2.20 bits per heavy atom. The Morgan fingerprint density at radius 1 is 0.900 bits per heavy atom. The average molecular weight is 271 g/mol. The number of benzene rings is 2. The first kappa shape index (κ1) is 14.3. The minimum Gasteiger partial charge on any atom is -0.497 e. The third-order valence-electron chi connectivity index (χ3n) is 3.17. The molecule has 2 aromatic carbocycles. The van der Waals surface area contributed by atoms with Gasteiger partial charge in [0.25, 0.3) is 0 Å². The molecule has 0 radical (unpaired) electrons. The molecule has 0 aliphatic carbocycles. The highest BCUT2D eigenvalue weighted by atomic mass is 16.5. The molecule has 0 bridgehead atoms. The zero-order chi connectivity index (χ0) is 14.5. The Morgan fingerprint density at radius 2 is 1.60 bits per heavy atom. The smallest absolute Gasteiger partial charge is 0.145 e. The average Bonchev–Trinajstić information content (AvgIpc) is 2.44. The summed E-state index contributed by atoms with van der Waals surface area (Å²) in [7, 11) is 3.31. The lowest BCUT2D eigenvalue weighted by Gasteiger charge is -2.13. The van der Waals surface area contributed by atoms with Crippen molar-refractivity contribution in [3.8, 4) is 11.5 Å². The highest BCUT2D eigenvalue weighted by Gasteiger charge is 2.05. The van der Waals surface area contributed by atoms with Gasteiger partial charge < -0.3 is 14.8 Å². The Labute approximate surface area is 120 Å². The molecule has 0 saturated carbocycles. The molecule has 2 rings (SSSR count). The summed E-state index contributed by atoms with van der Waals surface area (Å²) in [6, 6.07) is 12.3. The molecular weight excluding hydrogens is 250 g/mol. The minimum atomic E-state index is 0.769. The van der Waals surface area contributed by atoms with E-state index in [1.54, 1.807) is 14.2 Å². The van der Waals surface area contributed by atoms with Gasteiger partial charge in [-0.1, -0.05) is 29.3 Å². The lowest BCUT2D eigenvalue weighted by Crippen LogP contribution is -2.02. The molecule has 0 aromatic heterocycles. The molecule has 0 spiro atoms. The largest absolute Gasteiger partial charge is 0.497 e. The van der Waals surface area contributed by atoms with E-state index in [0.29, 0.717) is 0 Å². The van der Waals surface area contributed by atoms with Gasteiger partial charge in [-0.25, -0.2) is 0 Å². The van der Waals surface area contributed by atoms with Gasteiger partial charge in [0.2, 0.25) is 0 Å². The van der Waals surface area contributed by atoms with E-state index in [-0.39, 0.29) is 0 Å². The SMILES string of the molecule is COc1ccc(NCc2cc(C)cc(C)c2)c(OC)c1. The van der Waals surface area contributed by atoms with Crippen molar-refractivity contribution >= 4 is 5.69 Å². The summed E-state index contributed by atoms with van der Waals surface area (Å²) in [6.07, 6.45) is 0. The molecule has 2 aromatic rings. The van der Waals surface area contributed by atoms with Gasteiger partial charge in [-0.2, -0.15) is 0 Å². The highest BCUT2D eigenvalue weighted by molar-refractivity contribution is 5.59. The first-order valence-corrected chi connectivity index (χ1v) is 6.65. The number of methoxy groups -OCH3 is 2. The quantitative estimate of drug-likeness (QED) is 0.893. The van der Waals surface area contributed by atoms with Crippen LogP contribution in [-0.4, -0.2) is 14.2 Å². The molecule has 1 N–H and O–H groups in total. The van der Waals surface area contributed by atoms with E-state index in [1.165, 1.54) is 16.7 Å². The number of nitrogens with one attached hydrogen (secondary N) is 1. The lowest BCUT2D eigenvalue weighted by atomic mass is 10.1. The second kappa shape index (κ2) is 6.33. The zero-order valence-corrected chi connectivity index (χ0v) is 12.5. The first-order chi connectivity index (χ1) is 9.62. The van der Waals surface area contributed by atoms with Crippen LogP contribution < -0.4 is 14.8 Å². The van der Waals surface area contributed by atoms with E-state index >= 15 is 0 Å². The van der Waals surface area contributed by atoms with Crippen molar-refractivity contribution in [2.45, 2.75) is 20.4 Å². The van der Waals surface area contributed by atoms with Crippen molar-refractivity contribution in [2.75, 3.05) is 19.5 Å². The summed E-state index contributed by atoms with van der Waals surface area (Å²) in [5.74, 6) is 1.58. The normalized spacial score (nSPS) is 10.2.